The Morgan fingerprint density at radius 1 is 1.15 bits per heavy atom. The summed E-state index contributed by atoms with van der Waals surface area (Å²) in [7, 11) is 0. The topological polar surface area (TPSA) is 41.4 Å². The van der Waals surface area contributed by atoms with Crippen molar-refractivity contribution < 1.29 is 4.79 Å². The number of hydrogen-bond acceptors (Lipinski definition) is 3. The van der Waals surface area contributed by atoms with Crippen LogP contribution in [0.1, 0.15) is 64.1 Å². The maximum absolute atomic E-state index is 13.4. The van der Waals surface area contributed by atoms with E-state index in [1.165, 1.54) is 38.5 Å². The van der Waals surface area contributed by atoms with Gasteiger partial charge in [0.15, 0.2) is 0 Å². The first-order valence-corrected chi connectivity index (χ1v) is 10.7. The summed E-state index contributed by atoms with van der Waals surface area (Å²) < 4.78 is 2.21. The highest BCUT2D eigenvalue weighted by Gasteiger charge is 2.48. The molecule has 1 aliphatic carbocycles. The highest BCUT2D eigenvalue weighted by atomic mass is 16.2. The van der Waals surface area contributed by atoms with E-state index in [2.05, 4.69) is 32.5 Å². The van der Waals surface area contributed by atoms with Crippen LogP contribution in [0.3, 0.4) is 0 Å². The lowest BCUT2D eigenvalue weighted by Crippen LogP contribution is -2.51. The van der Waals surface area contributed by atoms with Crippen LogP contribution in [0.25, 0.3) is 0 Å². The normalized spacial score (nSPS) is 28.3. The first kappa shape index (κ1) is 18.0. The van der Waals surface area contributed by atoms with Gasteiger partial charge < -0.3 is 9.47 Å². The zero-order chi connectivity index (χ0) is 18.0. The molecule has 4 rings (SSSR count). The van der Waals surface area contributed by atoms with Crippen molar-refractivity contribution in [1.82, 2.24) is 19.4 Å². The number of aryl methyl sites for hydroxylation is 1. The molecule has 26 heavy (non-hydrogen) atoms. The van der Waals surface area contributed by atoms with E-state index in [0.717, 1.165) is 63.9 Å². The Morgan fingerprint density at radius 2 is 2.00 bits per heavy atom. The average Bonchev–Trinajstić information content (AvgIpc) is 3.28. The Labute approximate surface area is 157 Å². The van der Waals surface area contributed by atoms with E-state index in [1.54, 1.807) is 0 Å². The highest BCUT2D eigenvalue weighted by Crippen LogP contribution is 2.41. The fraction of sp³-hybridized carbons (Fsp3) is 0.810. The highest BCUT2D eigenvalue weighted by molar-refractivity contribution is 5.84. The molecule has 1 saturated carbocycles. The summed E-state index contributed by atoms with van der Waals surface area (Å²) in [5.74, 6) is 2.33. The molecule has 0 radical (unpaired) electrons. The first-order chi connectivity index (χ1) is 12.7. The maximum atomic E-state index is 13.4. The number of imidazole rings is 1. The summed E-state index contributed by atoms with van der Waals surface area (Å²) in [6, 6.07) is 0. The van der Waals surface area contributed by atoms with Gasteiger partial charge in [-0.3, -0.25) is 9.69 Å². The van der Waals surface area contributed by atoms with Crippen molar-refractivity contribution in [2.45, 2.75) is 71.4 Å². The van der Waals surface area contributed by atoms with E-state index < -0.39 is 0 Å². The average molecular weight is 359 g/mol. The van der Waals surface area contributed by atoms with Gasteiger partial charge in [-0.2, -0.15) is 0 Å². The summed E-state index contributed by atoms with van der Waals surface area (Å²) in [4.78, 5) is 22.6. The van der Waals surface area contributed by atoms with Crippen LogP contribution < -0.4 is 0 Å². The van der Waals surface area contributed by atoms with E-state index in [-0.39, 0.29) is 5.41 Å². The van der Waals surface area contributed by atoms with Crippen molar-refractivity contribution >= 4 is 5.91 Å². The largest absolute Gasteiger partial charge is 0.342 e. The molecule has 1 atom stereocenters. The van der Waals surface area contributed by atoms with Gasteiger partial charge >= 0.3 is 0 Å². The molecular formula is C21H34N4O. The number of hydrogen-bond donors (Lipinski definition) is 0. The predicted octanol–water partition coefficient (Wildman–Crippen LogP) is 3.30. The first-order valence-electron chi connectivity index (χ1n) is 10.7. The summed E-state index contributed by atoms with van der Waals surface area (Å²) in [5, 5.41) is 0. The summed E-state index contributed by atoms with van der Waals surface area (Å²) in [6.45, 7) is 7.94. The van der Waals surface area contributed by atoms with E-state index in [9.17, 15) is 4.79 Å². The van der Waals surface area contributed by atoms with Crippen molar-refractivity contribution in [1.29, 1.82) is 0 Å². The number of amides is 1. The zero-order valence-corrected chi connectivity index (χ0v) is 16.3. The number of nitrogens with zero attached hydrogens (tertiary/aromatic N) is 4. The second kappa shape index (κ2) is 7.71. The van der Waals surface area contributed by atoms with Crippen LogP contribution in [-0.4, -0.2) is 51.4 Å². The van der Waals surface area contributed by atoms with Crippen LogP contribution in [0.4, 0.5) is 0 Å². The fourth-order valence-corrected chi connectivity index (χ4v) is 5.46. The number of carbonyl (C=O) groups excluding carboxylic acids is 1. The molecule has 3 aliphatic rings. The minimum Gasteiger partial charge on any atom is -0.342 e. The molecule has 1 aromatic rings. The Balaban J connectivity index is 1.39. The van der Waals surface area contributed by atoms with E-state index in [0.29, 0.717) is 5.91 Å². The molecule has 144 valence electrons. The second-order valence-corrected chi connectivity index (χ2v) is 8.73. The van der Waals surface area contributed by atoms with Crippen LogP contribution in [0, 0.1) is 11.3 Å². The van der Waals surface area contributed by atoms with Gasteiger partial charge in [0.05, 0.1) is 12.0 Å². The third-order valence-corrected chi connectivity index (χ3v) is 6.97. The van der Waals surface area contributed by atoms with Gasteiger partial charge in [-0.1, -0.05) is 19.3 Å². The van der Waals surface area contributed by atoms with Gasteiger partial charge in [0.25, 0.3) is 0 Å². The Morgan fingerprint density at radius 3 is 2.81 bits per heavy atom. The molecule has 1 spiro atoms. The summed E-state index contributed by atoms with van der Waals surface area (Å²) in [6.07, 6.45) is 14.0. The van der Waals surface area contributed by atoms with Crippen LogP contribution in [0.2, 0.25) is 0 Å². The smallest absolute Gasteiger partial charge is 0.230 e. The Kier molecular flexibility index (Phi) is 5.35. The van der Waals surface area contributed by atoms with Crippen molar-refractivity contribution in [2.75, 3.05) is 26.2 Å². The lowest BCUT2D eigenvalue weighted by molar-refractivity contribution is -0.146. The van der Waals surface area contributed by atoms with Crippen molar-refractivity contribution in [3.05, 3.63) is 18.2 Å². The molecule has 2 saturated heterocycles. The van der Waals surface area contributed by atoms with Crippen molar-refractivity contribution in [2.24, 2.45) is 11.3 Å². The fourth-order valence-electron chi connectivity index (χ4n) is 5.46. The molecule has 0 bridgehead atoms. The lowest BCUT2D eigenvalue weighted by Gasteiger charge is -2.41. The van der Waals surface area contributed by atoms with Crippen LogP contribution in [0.5, 0.6) is 0 Å². The molecule has 0 aromatic carbocycles. The van der Waals surface area contributed by atoms with Crippen molar-refractivity contribution in [3.63, 3.8) is 0 Å². The van der Waals surface area contributed by atoms with Crippen LogP contribution >= 0.6 is 0 Å². The zero-order valence-electron chi connectivity index (χ0n) is 16.3. The van der Waals surface area contributed by atoms with E-state index in [4.69, 9.17) is 0 Å². The van der Waals surface area contributed by atoms with Gasteiger partial charge in [-0.05, 0) is 51.5 Å². The molecule has 1 unspecified atom stereocenters. The van der Waals surface area contributed by atoms with Gasteiger partial charge in [-0.25, -0.2) is 4.98 Å². The molecule has 5 nitrogen and oxygen atoms in total. The monoisotopic (exact) mass is 358 g/mol. The molecule has 3 heterocycles. The quantitative estimate of drug-likeness (QED) is 0.811. The standard InChI is InChI=1S/C21H34N4O/c1-2-24-14-11-22-19(24)16-23-13-10-21(17-23)9-6-12-25(20(21)26)15-18-7-4-3-5-8-18/h11,14,18H,2-10,12-13,15-17H2,1H3. The number of carbonyl (C=O) groups is 1. The summed E-state index contributed by atoms with van der Waals surface area (Å²) in [5.41, 5.74) is -0.115. The van der Waals surface area contributed by atoms with Crippen LogP contribution in [-0.2, 0) is 17.9 Å². The van der Waals surface area contributed by atoms with Gasteiger partial charge in [-0.15, -0.1) is 0 Å². The summed E-state index contributed by atoms with van der Waals surface area (Å²) >= 11 is 0. The minimum absolute atomic E-state index is 0.115. The lowest BCUT2D eigenvalue weighted by atomic mass is 9.77. The molecule has 0 N–H and O–H groups in total. The van der Waals surface area contributed by atoms with E-state index in [1.807, 2.05) is 6.20 Å². The second-order valence-electron chi connectivity index (χ2n) is 8.73. The number of rotatable bonds is 5. The number of likely N-dealkylation sites (tertiary alicyclic amines) is 2. The molecule has 2 aliphatic heterocycles. The Bertz CT molecular complexity index is 621. The third kappa shape index (κ3) is 3.55. The molecule has 1 amide bonds. The Hall–Kier alpha value is -1.36. The maximum Gasteiger partial charge on any atom is 0.230 e. The SMILES string of the molecule is CCn1ccnc1CN1CCC2(CCCN(CC3CCCCC3)C2=O)C1. The molecule has 5 heteroatoms. The third-order valence-electron chi connectivity index (χ3n) is 6.97. The minimum atomic E-state index is -0.115. The molecular weight excluding hydrogens is 324 g/mol. The predicted molar refractivity (Wildman–Crippen MR) is 103 cm³/mol. The number of aromatic nitrogens is 2. The molecule has 3 fully saturated rings. The number of piperidine rings is 1. The van der Waals surface area contributed by atoms with E-state index >= 15 is 0 Å². The van der Waals surface area contributed by atoms with Gasteiger partial charge in [0.1, 0.15) is 5.82 Å². The van der Waals surface area contributed by atoms with Gasteiger partial charge in [0, 0.05) is 38.6 Å². The van der Waals surface area contributed by atoms with Crippen LogP contribution in [0.15, 0.2) is 12.4 Å². The molecule has 1 aromatic heterocycles. The van der Waals surface area contributed by atoms with Crippen molar-refractivity contribution in [3.8, 4) is 0 Å². The van der Waals surface area contributed by atoms with Gasteiger partial charge in [0.2, 0.25) is 5.91 Å².